The Bertz CT molecular complexity index is 692. The highest BCUT2D eigenvalue weighted by molar-refractivity contribution is 6.44. The van der Waals surface area contributed by atoms with Crippen molar-refractivity contribution >= 4 is 40.9 Å². The highest BCUT2D eigenvalue weighted by Gasteiger charge is 2.06. The third kappa shape index (κ3) is 3.86. The predicted molar refractivity (Wildman–Crippen MR) is 86.8 cm³/mol. The van der Waals surface area contributed by atoms with Gasteiger partial charge in [0.1, 0.15) is 0 Å². The summed E-state index contributed by atoms with van der Waals surface area (Å²) in [7, 11) is 0. The number of carbonyl (C=O) groups is 1. The second kappa shape index (κ2) is 6.78. The number of carbonyl (C=O) groups excluding carboxylic acids is 1. The normalized spacial score (nSPS) is 11.0. The molecule has 110 valence electrons. The van der Waals surface area contributed by atoms with E-state index < -0.39 is 0 Å². The molecule has 0 radical (unpaired) electrons. The molecule has 0 aliphatic rings. The third-order valence-electron chi connectivity index (χ3n) is 2.93. The number of rotatable bonds is 4. The lowest BCUT2D eigenvalue weighted by molar-refractivity contribution is -0.111. The molecule has 0 aliphatic carbocycles. The lowest BCUT2D eigenvalue weighted by atomic mass is 10.2. The molecule has 2 aromatic rings. The van der Waals surface area contributed by atoms with E-state index in [0.29, 0.717) is 15.7 Å². The zero-order valence-corrected chi connectivity index (χ0v) is 13.2. The molecule has 21 heavy (non-hydrogen) atoms. The van der Waals surface area contributed by atoms with E-state index in [9.17, 15) is 4.79 Å². The lowest BCUT2D eigenvalue weighted by Gasteiger charge is -2.05. The zero-order valence-electron chi connectivity index (χ0n) is 11.7. The van der Waals surface area contributed by atoms with Gasteiger partial charge >= 0.3 is 0 Å². The first-order chi connectivity index (χ1) is 10.0. The molecule has 0 atom stereocenters. The van der Waals surface area contributed by atoms with E-state index in [1.165, 1.54) is 6.08 Å². The fourth-order valence-corrected chi connectivity index (χ4v) is 2.15. The van der Waals surface area contributed by atoms with Crippen LogP contribution in [0.25, 0.3) is 6.08 Å². The van der Waals surface area contributed by atoms with E-state index in [1.807, 2.05) is 24.7 Å². The van der Waals surface area contributed by atoms with Crippen LogP contribution in [0.5, 0.6) is 0 Å². The van der Waals surface area contributed by atoms with Crippen LogP contribution in [0.1, 0.15) is 18.2 Å². The van der Waals surface area contributed by atoms with Crippen molar-refractivity contribution in [1.82, 2.24) is 9.78 Å². The summed E-state index contributed by atoms with van der Waals surface area (Å²) in [6.07, 6.45) is 5.06. The summed E-state index contributed by atoms with van der Waals surface area (Å²) in [5, 5.41) is 7.74. The van der Waals surface area contributed by atoms with Gasteiger partial charge in [-0.2, -0.15) is 5.10 Å². The Morgan fingerprint density at radius 2 is 2.19 bits per heavy atom. The number of halogens is 2. The maximum Gasteiger partial charge on any atom is 0.248 e. The molecule has 0 bridgehead atoms. The summed E-state index contributed by atoms with van der Waals surface area (Å²) >= 11 is 11.9. The second-order valence-corrected chi connectivity index (χ2v) is 5.23. The number of nitrogens with zero attached hydrogens (tertiary/aromatic N) is 2. The summed E-state index contributed by atoms with van der Waals surface area (Å²) in [4.78, 5) is 11.9. The number of aromatic nitrogens is 2. The average molecular weight is 324 g/mol. The van der Waals surface area contributed by atoms with Crippen LogP contribution in [-0.4, -0.2) is 15.7 Å². The number of hydrogen-bond acceptors (Lipinski definition) is 2. The largest absolute Gasteiger partial charge is 0.321 e. The van der Waals surface area contributed by atoms with Gasteiger partial charge in [0, 0.05) is 24.4 Å². The number of nitrogens with one attached hydrogen (secondary N) is 1. The lowest BCUT2D eigenvalue weighted by Crippen LogP contribution is -2.08. The molecule has 0 unspecified atom stereocenters. The molecular weight excluding hydrogens is 309 g/mol. The van der Waals surface area contributed by atoms with Crippen LogP contribution in [0.2, 0.25) is 10.0 Å². The zero-order chi connectivity index (χ0) is 15.4. The minimum Gasteiger partial charge on any atom is -0.321 e. The maximum absolute atomic E-state index is 11.9. The topological polar surface area (TPSA) is 46.9 Å². The first-order valence-corrected chi connectivity index (χ1v) is 7.24. The first kappa shape index (κ1) is 15.6. The number of hydrogen-bond donors (Lipinski definition) is 1. The number of amides is 1. The number of benzene rings is 1. The van der Waals surface area contributed by atoms with E-state index in [1.54, 1.807) is 24.3 Å². The van der Waals surface area contributed by atoms with Crippen LogP contribution in [0.4, 0.5) is 5.69 Å². The van der Waals surface area contributed by atoms with Gasteiger partial charge in [-0.1, -0.05) is 29.3 Å². The van der Waals surface area contributed by atoms with Crippen molar-refractivity contribution in [3.63, 3.8) is 0 Å². The summed E-state index contributed by atoms with van der Waals surface area (Å²) in [6, 6.07) is 5.08. The average Bonchev–Trinajstić information content (AvgIpc) is 2.82. The minimum absolute atomic E-state index is 0.275. The molecule has 6 heteroatoms. The standard InChI is InChI=1S/C15H15Cl2N3O/c1-3-20-9-11(10(2)19-20)7-8-14(21)18-13-6-4-5-12(16)15(13)17/h4-9H,3H2,1-2H3,(H,18,21). The Kier molecular flexibility index (Phi) is 5.04. The van der Waals surface area contributed by atoms with E-state index in [-0.39, 0.29) is 5.91 Å². The second-order valence-electron chi connectivity index (χ2n) is 4.45. The molecule has 1 N–H and O–H groups in total. The Balaban J connectivity index is 2.09. The van der Waals surface area contributed by atoms with E-state index in [2.05, 4.69) is 10.4 Å². The van der Waals surface area contributed by atoms with E-state index in [4.69, 9.17) is 23.2 Å². The highest BCUT2D eigenvalue weighted by Crippen LogP contribution is 2.29. The van der Waals surface area contributed by atoms with Gasteiger partial charge in [0.2, 0.25) is 5.91 Å². The summed E-state index contributed by atoms with van der Waals surface area (Å²) in [6.45, 7) is 4.70. The molecule has 0 aliphatic heterocycles. The molecule has 2 rings (SSSR count). The SMILES string of the molecule is CCn1cc(C=CC(=O)Nc2cccc(Cl)c2Cl)c(C)n1. The molecule has 0 saturated heterocycles. The van der Waals surface area contributed by atoms with Crippen LogP contribution in [0.3, 0.4) is 0 Å². The van der Waals surface area contributed by atoms with Crippen molar-refractivity contribution in [1.29, 1.82) is 0 Å². The van der Waals surface area contributed by atoms with Gasteiger partial charge in [-0.25, -0.2) is 0 Å². The Morgan fingerprint density at radius 1 is 1.43 bits per heavy atom. The van der Waals surface area contributed by atoms with Crippen LogP contribution >= 0.6 is 23.2 Å². The highest BCUT2D eigenvalue weighted by atomic mass is 35.5. The molecule has 0 spiro atoms. The molecule has 0 saturated carbocycles. The summed E-state index contributed by atoms with van der Waals surface area (Å²) in [5.74, 6) is -0.275. The Hall–Kier alpha value is -1.78. The number of aryl methyl sites for hydroxylation is 2. The molecule has 1 amide bonds. The third-order valence-corrected chi connectivity index (χ3v) is 3.75. The van der Waals surface area contributed by atoms with Gasteiger partial charge < -0.3 is 5.32 Å². The molecule has 1 heterocycles. The van der Waals surface area contributed by atoms with Crippen LogP contribution in [-0.2, 0) is 11.3 Å². The van der Waals surface area contributed by atoms with Crippen LogP contribution < -0.4 is 5.32 Å². The minimum atomic E-state index is -0.275. The molecule has 4 nitrogen and oxygen atoms in total. The van der Waals surface area contributed by atoms with Crippen molar-refractivity contribution in [2.75, 3.05) is 5.32 Å². The Morgan fingerprint density at radius 3 is 2.86 bits per heavy atom. The predicted octanol–water partition coefficient (Wildman–Crippen LogP) is 4.17. The van der Waals surface area contributed by atoms with Gasteiger partial charge in [-0.05, 0) is 32.1 Å². The van der Waals surface area contributed by atoms with Crippen molar-refractivity contribution < 1.29 is 4.79 Å². The number of anilines is 1. The van der Waals surface area contributed by atoms with Gasteiger partial charge in [0.15, 0.2) is 0 Å². The van der Waals surface area contributed by atoms with Gasteiger partial charge in [-0.3, -0.25) is 9.48 Å². The van der Waals surface area contributed by atoms with Gasteiger partial charge in [0.25, 0.3) is 0 Å². The van der Waals surface area contributed by atoms with Gasteiger partial charge in [0.05, 0.1) is 21.4 Å². The summed E-state index contributed by atoms with van der Waals surface area (Å²) in [5.41, 5.74) is 2.27. The van der Waals surface area contributed by atoms with E-state index >= 15 is 0 Å². The summed E-state index contributed by atoms with van der Waals surface area (Å²) < 4.78 is 1.82. The quantitative estimate of drug-likeness (QED) is 0.858. The van der Waals surface area contributed by atoms with Crippen molar-refractivity contribution in [2.24, 2.45) is 0 Å². The fourth-order valence-electron chi connectivity index (χ4n) is 1.80. The smallest absolute Gasteiger partial charge is 0.248 e. The molecule has 1 aromatic heterocycles. The van der Waals surface area contributed by atoms with E-state index in [0.717, 1.165) is 17.8 Å². The van der Waals surface area contributed by atoms with Crippen LogP contribution in [0, 0.1) is 6.92 Å². The van der Waals surface area contributed by atoms with Crippen LogP contribution in [0.15, 0.2) is 30.5 Å². The van der Waals surface area contributed by atoms with Crippen molar-refractivity contribution in [3.05, 3.63) is 51.8 Å². The fraction of sp³-hybridized carbons (Fsp3) is 0.200. The first-order valence-electron chi connectivity index (χ1n) is 6.48. The maximum atomic E-state index is 11.9. The molecule has 1 aromatic carbocycles. The monoisotopic (exact) mass is 323 g/mol. The molecule has 0 fully saturated rings. The van der Waals surface area contributed by atoms with Crippen molar-refractivity contribution in [2.45, 2.75) is 20.4 Å². The van der Waals surface area contributed by atoms with Gasteiger partial charge in [-0.15, -0.1) is 0 Å². The van der Waals surface area contributed by atoms with Crippen molar-refractivity contribution in [3.8, 4) is 0 Å². The molecular formula is C15H15Cl2N3O. The Labute approximate surface area is 133 Å².